The zero-order chi connectivity index (χ0) is 21.2. The number of aliphatic imine (C=N–C) groups is 1. The summed E-state index contributed by atoms with van der Waals surface area (Å²) in [5, 5.41) is 9.48. The molecule has 1 aromatic carbocycles. The molecule has 28 heavy (non-hydrogen) atoms. The van der Waals surface area contributed by atoms with Gasteiger partial charge < -0.3 is 25.4 Å². The van der Waals surface area contributed by atoms with Crippen LogP contribution in [0.4, 0.5) is 0 Å². The third-order valence-corrected chi connectivity index (χ3v) is 4.03. The van der Waals surface area contributed by atoms with Crippen LogP contribution >= 0.6 is 0 Å². The Hall–Kier alpha value is -2.44. The van der Waals surface area contributed by atoms with Crippen LogP contribution in [0.1, 0.15) is 53.1 Å². The van der Waals surface area contributed by atoms with Crippen molar-refractivity contribution in [2.24, 2.45) is 10.4 Å². The van der Waals surface area contributed by atoms with E-state index in [9.17, 15) is 4.79 Å². The Morgan fingerprint density at radius 2 is 1.68 bits per heavy atom. The van der Waals surface area contributed by atoms with Gasteiger partial charge in [0.25, 0.3) is 0 Å². The van der Waals surface area contributed by atoms with E-state index in [1.807, 2.05) is 52.8 Å². The Labute approximate surface area is 169 Å². The Balaban J connectivity index is 2.63. The lowest BCUT2D eigenvalue weighted by molar-refractivity contribution is -0.128. The third kappa shape index (κ3) is 7.66. The first-order valence-corrected chi connectivity index (χ1v) is 9.87. The molecule has 0 aromatic heterocycles. The van der Waals surface area contributed by atoms with Crippen LogP contribution in [0.2, 0.25) is 0 Å². The SMILES string of the molecule is CCOc1ccc(C(C)NC(=NC)NCCNC(=O)C(C)(C)C)cc1OCC. The van der Waals surface area contributed by atoms with Gasteiger partial charge in [-0.05, 0) is 38.5 Å². The third-order valence-electron chi connectivity index (χ3n) is 4.03. The zero-order valence-electron chi connectivity index (χ0n) is 18.3. The summed E-state index contributed by atoms with van der Waals surface area (Å²) < 4.78 is 11.3. The summed E-state index contributed by atoms with van der Waals surface area (Å²) in [5.74, 6) is 2.19. The Morgan fingerprint density at radius 3 is 2.25 bits per heavy atom. The summed E-state index contributed by atoms with van der Waals surface area (Å²) >= 11 is 0. The number of ether oxygens (including phenoxy) is 2. The average molecular weight is 393 g/mol. The van der Waals surface area contributed by atoms with E-state index < -0.39 is 0 Å². The molecule has 0 fully saturated rings. The largest absolute Gasteiger partial charge is 0.490 e. The van der Waals surface area contributed by atoms with E-state index in [1.54, 1.807) is 7.05 Å². The highest BCUT2D eigenvalue weighted by atomic mass is 16.5. The minimum absolute atomic E-state index is 0.0187. The maximum atomic E-state index is 11.9. The highest BCUT2D eigenvalue weighted by Gasteiger charge is 2.20. The molecule has 0 bridgehead atoms. The standard InChI is InChI=1S/C21H36N4O3/c1-8-27-17-11-10-16(14-18(17)28-9-2)15(3)25-20(22-7)24-13-12-23-19(26)21(4,5)6/h10-11,14-15H,8-9,12-13H2,1-7H3,(H,23,26)(H2,22,24,25). The van der Waals surface area contributed by atoms with E-state index in [0.29, 0.717) is 32.3 Å². The van der Waals surface area contributed by atoms with Gasteiger partial charge in [-0.1, -0.05) is 26.8 Å². The molecule has 0 spiro atoms. The summed E-state index contributed by atoms with van der Waals surface area (Å²) in [7, 11) is 1.72. The number of benzene rings is 1. The minimum atomic E-state index is -0.389. The van der Waals surface area contributed by atoms with Crippen molar-refractivity contribution < 1.29 is 14.3 Å². The average Bonchev–Trinajstić information content (AvgIpc) is 2.64. The number of guanidine groups is 1. The van der Waals surface area contributed by atoms with Gasteiger partial charge in [0.1, 0.15) is 0 Å². The maximum Gasteiger partial charge on any atom is 0.225 e. The van der Waals surface area contributed by atoms with Gasteiger partial charge in [-0.25, -0.2) is 0 Å². The number of hydrogen-bond acceptors (Lipinski definition) is 4. The minimum Gasteiger partial charge on any atom is -0.490 e. The lowest BCUT2D eigenvalue weighted by atomic mass is 9.96. The molecule has 0 saturated heterocycles. The van der Waals surface area contributed by atoms with Gasteiger partial charge in [-0.15, -0.1) is 0 Å². The van der Waals surface area contributed by atoms with Crippen molar-refractivity contribution >= 4 is 11.9 Å². The number of hydrogen-bond donors (Lipinski definition) is 3. The first kappa shape index (κ1) is 23.6. The molecule has 1 amide bonds. The van der Waals surface area contributed by atoms with Gasteiger partial charge in [0.05, 0.1) is 19.3 Å². The van der Waals surface area contributed by atoms with E-state index in [2.05, 4.69) is 27.9 Å². The Kier molecular flexibility index (Phi) is 9.62. The quantitative estimate of drug-likeness (QED) is 0.342. The molecule has 3 N–H and O–H groups in total. The van der Waals surface area contributed by atoms with Crippen molar-refractivity contribution in [2.75, 3.05) is 33.4 Å². The molecule has 0 heterocycles. The number of rotatable bonds is 9. The molecule has 1 atom stereocenters. The molecule has 7 heteroatoms. The molecule has 0 aliphatic carbocycles. The van der Waals surface area contributed by atoms with Gasteiger partial charge >= 0.3 is 0 Å². The number of carbonyl (C=O) groups excluding carboxylic acids is 1. The molecule has 0 radical (unpaired) electrons. The first-order valence-electron chi connectivity index (χ1n) is 9.87. The van der Waals surface area contributed by atoms with Crippen molar-refractivity contribution in [1.29, 1.82) is 0 Å². The maximum absolute atomic E-state index is 11.9. The molecular formula is C21H36N4O3. The second-order valence-corrected chi connectivity index (χ2v) is 7.44. The second-order valence-electron chi connectivity index (χ2n) is 7.44. The number of carbonyl (C=O) groups is 1. The number of nitrogens with one attached hydrogen (secondary N) is 3. The Bertz CT molecular complexity index is 654. The highest BCUT2D eigenvalue weighted by Crippen LogP contribution is 2.30. The van der Waals surface area contributed by atoms with Gasteiger partial charge in [-0.2, -0.15) is 0 Å². The van der Waals surface area contributed by atoms with Crippen LogP contribution in [0.15, 0.2) is 23.2 Å². The van der Waals surface area contributed by atoms with Crippen LogP contribution in [0.5, 0.6) is 11.5 Å². The molecule has 7 nitrogen and oxygen atoms in total. The molecule has 0 aliphatic rings. The van der Waals surface area contributed by atoms with Crippen molar-refractivity contribution in [3.8, 4) is 11.5 Å². The van der Waals surface area contributed by atoms with E-state index in [4.69, 9.17) is 9.47 Å². The molecule has 0 aliphatic heterocycles. The lowest BCUT2D eigenvalue weighted by Crippen LogP contribution is -2.44. The fraction of sp³-hybridized carbons (Fsp3) is 0.619. The van der Waals surface area contributed by atoms with Crippen LogP contribution in [-0.2, 0) is 4.79 Å². The summed E-state index contributed by atoms with van der Waals surface area (Å²) in [6.07, 6.45) is 0. The van der Waals surface area contributed by atoms with Crippen LogP contribution < -0.4 is 25.4 Å². The normalized spacial score (nSPS) is 12.9. The fourth-order valence-electron chi connectivity index (χ4n) is 2.44. The van der Waals surface area contributed by atoms with E-state index in [-0.39, 0.29) is 17.4 Å². The summed E-state index contributed by atoms with van der Waals surface area (Å²) in [4.78, 5) is 16.1. The second kappa shape index (κ2) is 11.4. The van der Waals surface area contributed by atoms with E-state index >= 15 is 0 Å². The van der Waals surface area contributed by atoms with E-state index in [0.717, 1.165) is 17.1 Å². The van der Waals surface area contributed by atoms with Gasteiger partial charge in [0, 0.05) is 25.6 Å². The topological polar surface area (TPSA) is 84.0 Å². The predicted molar refractivity (Wildman–Crippen MR) is 114 cm³/mol. The zero-order valence-corrected chi connectivity index (χ0v) is 18.3. The summed E-state index contributed by atoms with van der Waals surface area (Å²) in [6.45, 7) is 13.9. The van der Waals surface area contributed by atoms with Crippen LogP contribution in [-0.4, -0.2) is 45.2 Å². The van der Waals surface area contributed by atoms with Crippen molar-refractivity contribution in [3.05, 3.63) is 23.8 Å². The number of nitrogens with zero attached hydrogens (tertiary/aromatic N) is 1. The van der Waals surface area contributed by atoms with Crippen molar-refractivity contribution in [2.45, 2.75) is 47.6 Å². The van der Waals surface area contributed by atoms with E-state index in [1.165, 1.54) is 0 Å². The summed E-state index contributed by atoms with van der Waals surface area (Å²) in [5.41, 5.74) is 0.677. The molecule has 1 unspecified atom stereocenters. The lowest BCUT2D eigenvalue weighted by Gasteiger charge is -2.21. The molecule has 1 rings (SSSR count). The van der Waals surface area contributed by atoms with Crippen LogP contribution in [0.25, 0.3) is 0 Å². The van der Waals surface area contributed by atoms with Crippen LogP contribution in [0, 0.1) is 5.41 Å². The van der Waals surface area contributed by atoms with Crippen molar-refractivity contribution in [3.63, 3.8) is 0 Å². The summed E-state index contributed by atoms with van der Waals surface area (Å²) in [6, 6.07) is 5.95. The van der Waals surface area contributed by atoms with Crippen LogP contribution in [0.3, 0.4) is 0 Å². The number of amides is 1. The molecular weight excluding hydrogens is 356 g/mol. The smallest absolute Gasteiger partial charge is 0.225 e. The molecule has 158 valence electrons. The first-order chi connectivity index (χ1) is 13.2. The van der Waals surface area contributed by atoms with Gasteiger partial charge in [-0.3, -0.25) is 9.79 Å². The predicted octanol–water partition coefficient (Wildman–Crippen LogP) is 2.87. The molecule has 0 saturated carbocycles. The van der Waals surface area contributed by atoms with Gasteiger partial charge in [0.15, 0.2) is 17.5 Å². The monoisotopic (exact) mass is 392 g/mol. The van der Waals surface area contributed by atoms with Gasteiger partial charge in [0.2, 0.25) is 5.91 Å². The Morgan fingerprint density at radius 1 is 1.07 bits per heavy atom. The fourth-order valence-corrected chi connectivity index (χ4v) is 2.44. The molecule has 1 aromatic rings. The van der Waals surface area contributed by atoms with Crippen molar-refractivity contribution in [1.82, 2.24) is 16.0 Å². The highest BCUT2D eigenvalue weighted by molar-refractivity contribution is 5.82.